The molecule has 0 radical (unpaired) electrons. The van der Waals surface area contributed by atoms with Crippen LogP contribution in [-0.4, -0.2) is 17.4 Å². The quantitative estimate of drug-likeness (QED) is 0.853. The summed E-state index contributed by atoms with van der Waals surface area (Å²) in [5.41, 5.74) is 7.36. The number of anilines is 1. The van der Waals surface area contributed by atoms with E-state index in [9.17, 15) is 4.79 Å². The van der Waals surface area contributed by atoms with Crippen molar-refractivity contribution < 1.29 is 4.79 Å². The summed E-state index contributed by atoms with van der Waals surface area (Å²) in [4.78, 5) is 15.8. The topological polar surface area (TPSA) is 68.0 Å². The van der Waals surface area contributed by atoms with E-state index in [-0.39, 0.29) is 16.6 Å². The molecule has 1 aromatic carbocycles. The van der Waals surface area contributed by atoms with Crippen molar-refractivity contribution in [3.8, 4) is 0 Å². The van der Waals surface area contributed by atoms with Crippen LogP contribution >= 0.6 is 23.2 Å². The Labute approximate surface area is 126 Å². The molecule has 1 heterocycles. The Morgan fingerprint density at radius 1 is 1.25 bits per heavy atom. The average molecular weight is 310 g/mol. The van der Waals surface area contributed by atoms with Crippen molar-refractivity contribution >= 4 is 34.8 Å². The molecule has 0 aliphatic carbocycles. The monoisotopic (exact) mass is 309 g/mol. The Balaban J connectivity index is 1.92. The zero-order valence-corrected chi connectivity index (χ0v) is 12.1. The fraction of sp³-hybridized carbons (Fsp3) is 0.143. The molecule has 0 spiro atoms. The minimum atomic E-state index is -0.288. The number of nitrogens with zero attached hydrogens (tertiary/aromatic N) is 1. The Hall–Kier alpha value is -1.78. The molecule has 2 aromatic rings. The van der Waals surface area contributed by atoms with Gasteiger partial charge in [-0.1, -0.05) is 35.3 Å². The summed E-state index contributed by atoms with van der Waals surface area (Å²) in [7, 11) is 0. The van der Waals surface area contributed by atoms with Gasteiger partial charge in [0.05, 0.1) is 17.4 Å². The Morgan fingerprint density at radius 3 is 2.65 bits per heavy atom. The summed E-state index contributed by atoms with van der Waals surface area (Å²) in [5.74, 6) is -0.288. The summed E-state index contributed by atoms with van der Waals surface area (Å²) in [6.07, 6.45) is 2.11. The fourth-order valence-corrected chi connectivity index (χ4v) is 2.01. The summed E-state index contributed by atoms with van der Waals surface area (Å²) < 4.78 is 0. The van der Waals surface area contributed by atoms with Crippen molar-refractivity contribution in [1.29, 1.82) is 0 Å². The third-order valence-corrected chi connectivity index (χ3v) is 3.27. The van der Waals surface area contributed by atoms with Gasteiger partial charge in [0.2, 0.25) is 0 Å². The Bertz CT molecular complexity index is 614. The number of rotatable bonds is 4. The zero-order valence-electron chi connectivity index (χ0n) is 10.6. The molecule has 0 saturated heterocycles. The predicted molar refractivity (Wildman–Crippen MR) is 81.1 cm³/mol. The summed E-state index contributed by atoms with van der Waals surface area (Å²) >= 11 is 11.7. The molecule has 1 amide bonds. The van der Waals surface area contributed by atoms with Crippen LogP contribution in [0.2, 0.25) is 10.2 Å². The standard InChI is InChI=1S/C14H13Cl2N3O/c15-10-3-1-9(2-4-10)5-6-18-14(20)12-7-11(17)8-19-13(12)16/h1-4,7-8H,5-6,17H2,(H,18,20). The van der Waals surface area contributed by atoms with Crippen molar-refractivity contribution in [2.75, 3.05) is 12.3 Å². The molecule has 104 valence electrons. The number of amides is 1. The molecular weight excluding hydrogens is 297 g/mol. The van der Waals surface area contributed by atoms with Crippen molar-refractivity contribution in [3.05, 3.63) is 57.8 Å². The minimum absolute atomic E-state index is 0.142. The van der Waals surface area contributed by atoms with Crippen LogP contribution in [0.1, 0.15) is 15.9 Å². The number of carbonyl (C=O) groups is 1. The van der Waals surface area contributed by atoms with Gasteiger partial charge in [0.1, 0.15) is 5.15 Å². The van der Waals surface area contributed by atoms with Gasteiger partial charge in [0.15, 0.2) is 0 Å². The summed E-state index contributed by atoms with van der Waals surface area (Å²) in [6.45, 7) is 0.492. The van der Waals surface area contributed by atoms with Gasteiger partial charge in [-0.3, -0.25) is 4.79 Å². The molecule has 0 saturated carbocycles. The molecule has 0 bridgehead atoms. The lowest BCUT2D eigenvalue weighted by molar-refractivity contribution is 0.0954. The molecule has 0 aliphatic rings. The normalized spacial score (nSPS) is 10.3. The van der Waals surface area contributed by atoms with E-state index in [1.165, 1.54) is 12.3 Å². The number of pyridine rings is 1. The highest BCUT2D eigenvalue weighted by Crippen LogP contribution is 2.15. The van der Waals surface area contributed by atoms with E-state index in [2.05, 4.69) is 10.3 Å². The number of nitrogen functional groups attached to an aromatic ring is 1. The molecule has 0 unspecified atom stereocenters. The van der Waals surface area contributed by atoms with Crippen LogP contribution in [0.3, 0.4) is 0 Å². The van der Waals surface area contributed by atoms with Crippen LogP contribution in [0.4, 0.5) is 5.69 Å². The summed E-state index contributed by atoms with van der Waals surface area (Å²) in [6, 6.07) is 8.98. The van der Waals surface area contributed by atoms with Gasteiger partial charge in [-0.15, -0.1) is 0 Å². The van der Waals surface area contributed by atoms with Crippen molar-refractivity contribution in [2.24, 2.45) is 0 Å². The number of aromatic nitrogens is 1. The highest BCUT2D eigenvalue weighted by Gasteiger charge is 2.11. The molecule has 0 aliphatic heterocycles. The van der Waals surface area contributed by atoms with Crippen molar-refractivity contribution in [2.45, 2.75) is 6.42 Å². The third kappa shape index (κ3) is 3.85. The van der Waals surface area contributed by atoms with Gasteiger partial charge in [0, 0.05) is 11.6 Å². The maximum atomic E-state index is 11.9. The zero-order chi connectivity index (χ0) is 14.5. The van der Waals surface area contributed by atoms with Crippen LogP contribution in [0.15, 0.2) is 36.5 Å². The van der Waals surface area contributed by atoms with Gasteiger partial charge in [-0.25, -0.2) is 4.98 Å². The number of carbonyl (C=O) groups excluding carboxylic acids is 1. The van der Waals surface area contributed by atoms with Crippen LogP contribution in [0.25, 0.3) is 0 Å². The maximum Gasteiger partial charge on any atom is 0.254 e. The molecule has 4 nitrogen and oxygen atoms in total. The molecule has 0 fully saturated rings. The first-order valence-corrected chi connectivity index (χ1v) is 6.75. The summed E-state index contributed by atoms with van der Waals surface area (Å²) in [5, 5.41) is 3.61. The largest absolute Gasteiger partial charge is 0.397 e. The molecule has 1 aromatic heterocycles. The third-order valence-electron chi connectivity index (χ3n) is 2.72. The molecule has 2 rings (SSSR count). The highest BCUT2D eigenvalue weighted by molar-refractivity contribution is 6.32. The van der Waals surface area contributed by atoms with Gasteiger partial charge < -0.3 is 11.1 Å². The first-order chi connectivity index (χ1) is 9.56. The van der Waals surface area contributed by atoms with Gasteiger partial charge in [0.25, 0.3) is 5.91 Å². The molecular formula is C14H13Cl2N3O. The number of halogens is 2. The van der Waals surface area contributed by atoms with Gasteiger partial charge >= 0.3 is 0 Å². The lowest BCUT2D eigenvalue weighted by Crippen LogP contribution is -2.26. The smallest absolute Gasteiger partial charge is 0.254 e. The molecule has 20 heavy (non-hydrogen) atoms. The van der Waals surface area contributed by atoms with Crippen LogP contribution in [-0.2, 0) is 6.42 Å². The number of benzene rings is 1. The molecule has 0 atom stereocenters. The second-order valence-electron chi connectivity index (χ2n) is 4.24. The van der Waals surface area contributed by atoms with E-state index < -0.39 is 0 Å². The van der Waals surface area contributed by atoms with Crippen LogP contribution < -0.4 is 11.1 Å². The van der Waals surface area contributed by atoms with Gasteiger partial charge in [-0.05, 0) is 30.2 Å². The van der Waals surface area contributed by atoms with Gasteiger partial charge in [-0.2, -0.15) is 0 Å². The first kappa shape index (κ1) is 14.6. The van der Waals surface area contributed by atoms with Crippen molar-refractivity contribution in [1.82, 2.24) is 10.3 Å². The lowest BCUT2D eigenvalue weighted by atomic mass is 10.1. The first-order valence-electron chi connectivity index (χ1n) is 6.00. The number of nitrogens with two attached hydrogens (primary N) is 1. The van der Waals surface area contributed by atoms with E-state index >= 15 is 0 Å². The van der Waals surface area contributed by atoms with E-state index in [1.807, 2.05) is 24.3 Å². The van der Waals surface area contributed by atoms with E-state index in [0.717, 1.165) is 5.56 Å². The SMILES string of the molecule is Nc1cnc(Cl)c(C(=O)NCCc2ccc(Cl)cc2)c1. The minimum Gasteiger partial charge on any atom is -0.397 e. The van der Waals surface area contributed by atoms with Crippen LogP contribution in [0, 0.1) is 0 Å². The number of nitrogens with one attached hydrogen (secondary N) is 1. The predicted octanol–water partition coefficient (Wildman–Crippen LogP) is 2.94. The van der Waals surface area contributed by atoms with E-state index in [1.54, 1.807) is 0 Å². The molecule has 3 N–H and O–H groups in total. The fourth-order valence-electron chi connectivity index (χ4n) is 1.69. The Morgan fingerprint density at radius 2 is 1.95 bits per heavy atom. The van der Waals surface area contributed by atoms with E-state index in [0.29, 0.717) is 23.7 Å². The number of hydrogen-bond donors (Lipinski definition) is 2. The maximum absolute atomic E-state index is 11.9. The average Bonchev–Trinajstić information content (AvgIpc) is 2.43. The second-order valence-corrected chi connectivity index (χ2v) is 5.03. The number of hydrogen-bond acceptors (Lipinski definition) is 3. The van der Waals surface area contributed by atoms with E-state index in [4.69, 9.17) is 28.9 Å². The molecule has 6 heteroatoms. The Kier molecular flexibility index (Phi) is 4.82. The highest BCUT2D eigenvalue weighted by atomic mass is 35.5. The lowest BCUT2D eigenvalue weighted by Gasteiger charge is -2.07. The van der Waals surface area contributed by atoms with Crippen molar-refractivity contribution in [3.63, 3.8) is 0 Å². The van der Waals surface area contributed by atoms with Crippen LogP contribution in [0.5, 0.6) is 0 Å². The second kappa shape index (κ2) is 6.59.